The third-order valence-electron chi connectivity index (χ3n) is 18.6. The Labute approximate surface area is 700 Å². The average Bonchev–Trinajstić information content (AvgIpc) is 0.893. The predicted octanol–water partition coefficient (Wildman–Crippen LogP) is 27.7. The number of unbranched alkanes of at least 4 members (excludes halogenated alkanes) is 31. The zero-order valence-corrected chi connectivity index (χ0v) is 73.9. The second-order valence-electron chi connectivity index (χ2n) is 29.6. The van der Waals surface area contributed by atoms with Crippen molar-refractivity contribution >= 4 is 33.6 Å². The number of phosphoric ester groups is 2. The molecule has 5 unspecified atom stereocenters. The van der Waals surface area contributed by atoms with Gasteiger partial charge in [0.25, 0.3) is 0 Å². The molecule has 0 heterocycles. The summed E-state index contributed by atoms with van der Waals surface area (Å²) in [6.07, 6.45) is 115. The van der Waals surface area contributed by atoms with E-state index in [4.69, 9.17) is 32.3 Å². The molecule has 0 amide bonds. The molecule has 115 heavy (non-hydrogen) atoms. The monoisotopic (exact) mass is 1650 g/mol. The number of aliphatic hydroxyl groups is 2. The minimum atomic E-state index is -4.96. The average molecular weight is 1650 g/mol. The lowest BCUT2D eigenvalue weighted by molar-refractivity contribution is -0.161. The van der Waals surface area contributed by atoms with Gasteiger partial charge < -0.3 is 34.2 Å². The minimum absolute atomic E-state index is 0.0419. The normalized spacial score (nSPS) is 14.7. The summed E-state index contributed by atoms with van der Waals surface area (Å²) in [5.41, 5.74) is 0. The number of rotatable bonds is 84. The van der Waals surface area contributed by atoms with Crippen LogP contribution in [0.3, 0.4) is 0 Å². The zero-order chi connectivity index (χ0) is 83.6. The standard InChI is InChI=1S/C97H162O16P2/c1-4-7-10-13-16-19-22-25-28-31-34-37-39-41-42-43-44-45-46-47-48-50-52-54-56-59-62-65-68-71-74-77-80-83-95(100)107-86-92(98)87-109-114(103,104)110-88-93(99)89-111-115(105,106)112-91-94(113-97(102)85-82-79-76-73-70-67-64-61-58-53-36-33-30-27-24-21-18-15-12-9-6-3)90-108-96(101)84-81-78-75-72-69-66-63-60-57-55-51-49-40-38-35-32-29-26-23-20-17-14-11-8-5-2/h8-9,11-12,16-21,25-30,34-38,41-42,49,51,53,61,64,70,73,92-94,98-99H,4-7,10,13-15,22-24,31-33,39-40,43-48,50,52,54-60,62-63,65-69,71-72,74-91H2,1-3H3,(H,103,104)(H,105,106)/b11-8-,12-9-,19-16-,20-17-,21-18-,28-25-,29-26-,30-27-,37-34-,38-35-,42-41-,51-49-,53-36-,64-61-,73-70-. The van der Waals surface area contributed by atoms with Gasteiger partial charge in [0, 0.05) is 19.3 Å². The molecular weight excluding hydrogens is 1480 g/mol. The fourth-order valence-corrected chi connectivity index (χ4v) is 13.4. The van der Waals surface area contributed by atoms with Crippen molar-refractivity contribution in [2.45, 2.75) is 373 Å². The molecule has 0 aromatic carbocycles. The summed E-state index contributed by atoms with van der Waals surface area (Å²) < 4.78 is 61.4. The van der Waals surface area contributed by atoms with Crippen LogP contribution in [-0.4, -0.2) is 95.9 Å². The largest absolute Gasteiger partial charge is 0.472 e. The van der Waals surface area contributed by atoms with E-state index < -0.39 is 91.5 Å². The summed E-state index contributed by atoms with van der Waals surface area (Å²) in [5.74, 6) is -1.63. The number of phosphoric acid groups is 2. The van der Waals surface area contributed by atoms with Gasteiger partial charge in [0.1, 0.15) is 25.4 Å². The molecule has 0 rings (SSSR count). The Morgan fingerprint density at radius 2 is 0.461 bits per heavy atom. The summed E-state index contributed by atoms with van der Waals surface area (Å²) in [7, 11) is -9.83. The van der Waals surface area contributed by atoms with Crippen LogP contribution in [0.4, 0.5) is 0 Å². The van der Waals surface area contributed by atoms with Gasteiger partial charge in [-0.15, -0.1) is 0 Å². The number of allylic oxidation sites excluding steroid dienone is 30. The molecule has 5 atom stereocenters. The van der Waals surface area contributed by atoms with E-state index in [-0.39, 0.29) is 19.3 Å². The first-order valence-corrected chi connectivity index (χ1v) is 48.1. The molecular formula is C97H162O16P2. The van der Waals surface area contributed by atoms with Crippen LogP contribution in [0.2, 0.25) is 0 Å². The molecule has 0 saturated carbocycles. The molecule has 0 spiro atoms. The Kier molecular flexibility index (Phi) is 83.9. The molecule has 0 aliphatic heterocycles. The fraction of sp³-hybridized carbons (Fsp3) is 0.660. The molecule has 18 heteroatoms. The maximum absolute atomic E-state index is 13.0. The smallest absolute Gasteiger partial charge is 0.463 e. The van der Waals surface area contributed by atoms with Gasteiger partial charge in [0.2, 0.25) is 0 Å². The van der Waals surface area contributed by atoms with E-state index in [1.165, 1.54) is 141 Å². The molecule has 0 aromatic heterocycles. The highest BCUT2D eigenvalue weighted by molar-refractivity contribution is 7.47. The fourth-order valence-electron chi connectivity index (χ4n) is 11.8. The number of ether oxygens (including phenoxy) is 3. The van der Waals surface area contributed by atoms with E-state index in [0.29, 0.717) is 25.7 Å². The zero-order valence-electron chi connectivity index (χ0n) is 72.1. The Morgan fingerprint density at radius 1 is 0.252 bits per heavy atom. The lowest BCUT2D eigenvalue weighted by atomic mass is 10.0. The molecule has 0 aliphatic rings. The van der Waals surface area contributed by atoms with Crippen molar-refractivity contribution in [1.82, 2.24) is 0 Å². The maximum Gasteiger partial charge on any atom is 0.472 e. The van der Waals surface area contributed by atoms with Gasteiger partial charge in [0.15, 0.2) is 6.10 Å². The van der Waals surface area contributed by atoms with Crippen molar-refractivity contribution in [2.75, 3.05) is 39.6 Å². The minimum Gasteiger partial charge on any atom is -0.463 e. The van der Waals surface area contributed by atoms with E-state index in [0.717, 1.165) is 148 Å². The molecule has 0 fully saturated rings. The van der Waals surface area contributed by atoms with Crippen LogP contribution in [0.5, 0.6) is 0 Å². The first kappa shape index (κ1) is 110. The van der Waals surface area contributed by atoms with Gasteiger partial charge in [-0.2, -0.15) is 0 Å². The molecule has 0 bridgehead atoms. The Balaban J connectivity index is 4.60. The molecule has 656 valence electrons. The van der Waals surface area contributed by atoms with Crippen molar-refractivity contribution in [1.29, 1.82) is 0 Å². The number of aliphatic hydroxyl groups excluding tert-OH is 2. The van der Waals surface area contributed by atoms with Gasteiger partial charge in [-0.05, 0) is 161 Å². The second-order valence-corrected chi connectivity index (χ2v) is 32.5. The van der Waals surface area contributed by atoms with Gasteiger partial charge in [-0.1, -0.05) is 357 Å². The Morgan fingerprint density at radius 3 is 0.748 bits per heavy atom. The number of esters is 3. The van der Waals surface area contributed by atoms with Gasteiger partial charge in [0.05, 0.1) is 26.4 Å². The van der Waals surface area contributed by atoms with Crippen LogP contribution >= 0.6 is 15.6 Å². The summed E-state index contributed by atoms with van der Waals surface area (Å²) >= 11 is 0. The first-order chi connectivity index (χ1) is 56.2. The van der Waals surface area contributed by atoms with Crippen LogP contribution < -0.4 is 0 Å². The third kappa shape index (κ3) is 89.3. The van der Waals surface area contributed by atoms with Crippen molar-refractivity contribution in [2.24, 2.45) is 0 Å². The van der Waals surface area contributed by atoms with Crippen LogP contribution in [0.1, 0.15) is 355 Å². The number of carbonyl (C=O) groups excluding carboxylic acids is 3. The Bertz CT molecular complexity index is 2820. The van der Waals surface area contributed by atoms with E-state index in [2.05, 4.69) is 203 Å². The summed E-state index contributed by atoms with van der Waals surface area (Å²) in [4.78, 5) is 58.9. The van der Waals surface area contributed by atoms with Gasteiger partial charge in [-0.3, -0.25) is 32.5 Å². The highest BCUT2D eigenvalue weighted by atomic mass is 31.2. The summed E-state index contributed by atoms with van der Waals surface area (Å²) in [5, 5.41) is 20.7. The van der Waals surface area contributed by atoms with Crippen LogP contribution in [0.25, 0.3) is 0 Å². The topological polar surface area (TPSA) is 231 Å². The van der Waals surface area contributed by atoms with Crippen molar-refractivity contribution < 1.29 is 75.8 Å². The van der Waals surface area contributed by atoms with Gasteiger partial charge in [-0.25, -0.2) is 9.13 Å². The molecule has 4 N–H and O–H groups in total. The number of carbonyl (C=O) groups is 3. The van der Waals surface area contributed by atoms with E-state index in [1.807, 2.05) is 0 Å². The highest BCUT2D eigenvalue weighted by Gasteiger charge is 2.29. The van der Waals surface area contributed by atoms with Crippen LogP contribution in [0, 0.1) is 0 Å². The molecule has 0 aromatic rings. The van der Waals surface area contributed by atoms with Crippen LogP contribution in [0.15, 0.2) is 182 Å². The van der Waals surface area contributed by atoms with E-state index in [1.54, 1.807) is 0 Å². The molecule has 16 nitrogen and oxygen atoms in total. The highest BCUT2D eigenvalue weighted by Crippen LogP contribution is 2.45. The maximum atomic E-state index is 13.0. The lowest BCUT2D eigenvalue weighted by Gasteiger charge is -2.21. The Hall–Kier alpha value is -5.35. The van der Waals surface area contributed by atoms with Crippen molar-refractivity contribution in [3.8, 4) is 0 Å². The number of hydrogen-bond donors (Lipinski definition) is 4. The van der Waals surface area contributed by atoms with E-state index >= 15 is 0 Å². The van der Waals surface area contributed by atoms with Gasteiger partial charge >= 0.3 is 33.6 Å². The summed E-state index contributed by atoms with van der Waals surface area (Å²) in [6, 6.07) is 0. The number of hydrogen-bond acceptors (Lipinski definition) is 14. The molecule has 0 aliphatic carbocycles. The van der Waals surface area contributed by atoms with E-state index in [9.17, 15) is 43.5 Å². The SMILES string of the molecule is CC/C=C\C/C=C\C/C=C\C/C=C\C/C=C\C/C=C\CCCCC(=O)OC(COC(=O)CCCCCCCCCCC/C=C\C/C=C\C/C=C\C/C=C\C/C=C\CC)COP(=O)(O)OCC(O)COP(=O)(O)OCC(O)COC(=O)CCCCCCCCCCCCCCCCCCC/C=C\C/C=C\C/C=C\C/C=C\CCCCC. The first-order valence-electron chi connectivity index (χ1n) is 45.1. The van der Waals surface area contributed by atoms with Crippen LogP contribution in [-0.2, 0) is 55.8 Å². The van der Waals surface area contributed by atoms with Crippen molar-refractivity contribution in [3.63, 3.8) is 0 Å². The van der Waals surface area contributed by atoms with Crippen molar-refractivity contribution in [3.05, 3.63) is 182 Å². The second kappa shape index (κ2) is 87.9. The quantitative estimate of drug-likeness (QED) is 0.0146. The molecule has 0 radical (unpaired) electrons. The third-order valence-corrected chi connectivity index (χ3v) is 20.5. The molecule has 0 saturated heterocycles. The summed E-state index contributed by atoms with van der Waals surface area (Å²) in [6.45, 7) is 2.39. The predicted molar refractivity (Wildman–Crippen MR) is 481 cm³/mol. The lowest BCUT2D eigenvalue weighted by Crippen LogP contribution is -2.30.